The van der Waals surface area contributed by atoms with E-state index in [1.807, 2.05) is 43.5 Å². The van der Waals surface area contributed by atoms with Gasteiger partial charge in [-0.1, -0.05) is 30.3 Å². The van der Waals surface area contributed by atoms with Crippen molar-refractivity contribution in [1.82, 2.24) is 20.0 Å². The Morgan fingerprint density at radius 3 is 2.60 bits per heavy atom. The molecule has 0 bridgehead atoms. The zero-order valence-electron chi connectivity index (χ0n) is 22.4. The molecule has 40 heavy (non-hydrogen) atoms. The summed E-state index contributed by atoms with van der Waals surface area (Å²) in [5.74, 6) is 0.829. The molecule has 4 aromatic rings. The third-order valence-corrected chi connectivity index (χ3v) is 6.63. The highest BCUT2D eigenvalue weighted by Gasteiger charge is 2.26. The van der Waals surface area contributed by atoms with Gasteiger partial charge in [-0.15, -0.1) is 0 Å². The average molecular weight is 536 g/mol. The van der Waals surface area contributed by atoms with Crippen molar-refractivity contribution < 1.29 is 14.3 Å². The van der Waals surface area contributed by atoms with Crippen molar-refractivity contribution in [2.24, 2.45) is 5.10 Å². The largest absolute Gasteiger partial charge is 0.493 e. The second-order valence-electron chi connectivity index (χ2n) is 9.26. The lowest BCUT2D eigenvalue weighted by Crippen LogP contribution is -2.25. The first-order valence-electron chi connectivity index (χ1n) is 12.6. The van der Waals surface area contributed by atoms with E-state index in [4.69, 9.17) is 20.9 Å². The zero-order valence-corrected chi connectivity index (χ0v) is 22.4. The van der Waals surface area contributed by atoms with Crippen molar-refractivity contribution in [2.45, 2.75) is 19.4 Å². The zero-order chi connectivity index (χ0) is 28.2. The van der Waals surface area contributed by atoms with Gasteiger partial charge in [0.05, 0.1) is 26.0 Å². The predicted octanol–water partition coefficient (Wildman–Crippen LogP) is 4.09. The van der Waals surface area contributed by atoms with Crippen LogP contribution in [0.1, 0.15) is 49.9 Å². The van der Waals surface area contributed by atoms with Crippen LogP contribution in [0.3, 0.4) is 0 Å². The summed E-state index contributed by atoms with van der Waals surface area (Å²) in [6, 6.07) is 15.3. The molecule has 4 N–H and O–H groups in total. The van der Waals surface area contributed by atoms with Gasteiger partial charge in [0.15, 0.2) is 17.3 Å². The van der Waals surface area contributed by atoms with Gasteiger partial charge in [0.1, 0.15) is 11.9 Å². The molecular formula is C30H29N7O3. The van der Waals surface area contributed by atoms with E-state index in [0.717, 1.165) is 27.9 Å². The van der Waals surface area contributed by atoms with Gasteiger partial charge in [-0.2, -0.15) is 10.1 Å². The first kappa shape index (κ1) is 26.4. The summed E-state index contributed by atoms with van der Waals surface area (Å²) in [6.45, 7) is 1.94. The highest BCUT2D eigenvalue weighted by Crippen LogP contribution is 2.36. The molecular weight excluding hydrogens is 506 g/mol. The Bertz CT molecular complexity index is 1620. The molecule has 0 spiro atoms. The molecule has 0 fully saturated rings. The fourth-order valence-electron chi connectivity index (χ4n) is 4.64. The van der Waals surface area contributed by atoms with Crippen molar-refractivity contribution in [3.05, 3.63) is 112 Å². The number of anilines is 2. The molecule has 1 aliphatic rings. The number of methoxy groups -OCH3 is 2. The van der Waals surface area contributed by atoms with E-state index in [1.54, 1.807) is 35.8 Å². The topological polar surface area (TPSA) is 142 Å². The smallest absolute Gasteiger partial charge is 0.221 e. The van der Waals surface area contributed by atoms with Gasteiger partial charge in [-0.05, 0) is 41.8 Å². The van der Waals surface area contributed by atoms with E-state index in [1.165, 1.54) is 20.3 Å². The van der Waals surface area contributed by atoms with Crippen molar-refractivity contribution >= 4 is 23.8 Å². The maximum Gasteiger partial charge on any atom is 0.221 e. The number of ether oxygens (including phenoxy) is 2. The van der Waals surface area contributed by atoms with Crippen LogP contribution in [-0.2, 0) is 6.42 Å². The predicted molar refractivity (Wildman–Crippen MR) is 153 cm³/mol. The number of carbonyl (C=O) groups is 1. The van der Waals surface area contributed by atoms with Crippen LogP contribution in [0.4, 0.5) is 11.8 Å². The highest BCUT2D eigenvalue weighted by atomic mass is 16.5. The Labute approximate surface area is 232 Å². The van der Waals surface area contributed by atoms with Gasteiger partial charge in [0.25, 0.3) is 0 Å². The van der Waals surface area contributed by atoms with Gasteiger partial charge < -0.3 is 20.9 Å². The summed E-state index contributed by atoms with van der Waals surface area (Å²) in [5, 5.41) is 6.39. The van der Waals surface area contributed by atoms with Crippen LogP contribution in [0.25, 0.3) is 0 Å². The molecule has 0 radical (unpaired) electrons. The minimum Gasteiger partial charge on any atom is -0.493 e. The van der Waals surface area contributed by atoms with Gasteiger partial charge in [0.2, 0.25) is 5.95 Å². The summed E-state index contributed by atoms with van der Waals surface area (Å²) in [7, 11) is 3.02. The fourth-order valence-corrected chi connectivity index (χ4v) is 4.64. The fraction of sp³-hybridized carbons (Fsp3) is 0.167. The van der Waals surface area contributed by atoms with Crippen LogP contribution in [-0.4, -0.2) is 46.2 Å². The van der Waals surface area contributed by atoms with Gasteiger partial charge >= 0.3 is 0 Å². The second kappa shape index (κ2) is 11.2. The average Bonchev–Trinajstić information content (AvgIpc) is 2.97. The van der Waals surface area contributed by atoms with Crippen molar-refractivity contribution in [2.75, 3.05) is 25.7 Å². The molecule has 0 aliphatic carbocycles. The third kappa shape index (κ3) is 5.32. The Hall–Kier alpha value is -5.25. The summed E-state index contributed by atoms with van der Waals surface area (Å²) in [5.41, 5.74) is 17.4. The first-order valence-corrected chi connectivity index (χ1v) is 12.6. The van der Waals surface area contributed by atoms with E-state index in [0.29, 0.717) is 29.0 Å². The Kier molecular flexibility index (Phi) is 7.41. The summed E-state index contributed by atoms with van der Waals surface area (Å²) in [6.07, 6.45) is 8.70. The summed E-state index contributed by atoms with van der Waals surface area (Å²) < 4.78 is 11.1. The number of fused-ring (bicyclic) bond motifs is 1. The van der Waals surface area contributed by atoms with Crippen molar-refractivity contribution in [3.8, 4) is 11.5 Å². The molecule has 2 aromatic carbocycles. The summed E-state index contributed by atoms with van der Waals surface area (Å²) >= 11 is 0. The quantitative estimate of drug-likeness (QED) is 0.252. The third-order valence-electron chi connectivity index (χ3n) is 6.63. The lowest BCUT2D eigenvalue weighted by Gasteiger charge is -2.31. The molecule has 10 heteroatoms. The standard InChI is InChI=1S/C30H29N7O3/c1-18-8-9-21(15-33-18)27-23-7-5-4-6-20(23)17-35-37(27)11-10-25(38)24-13-19(14-26(39-2)28(24)40-3)12-22-16-34-30(32)36-29(22)31/h4-11,13-17,27H,12H2,1-3H3,(H4,31,32,34,36). The lowest BCUT2D eigenvalue weighted by molar-refractivity contribution is 0.104. The normalized spacial score (nSPS) is 14.3. The maximum absolute atomic E-state index is 13.6. The Morgan fingerprint density at radius 2 is 1.88 bits per heavy atom. The molecule has 1 atom stereocenters. The number of aryl methyl sites for hydroxylation is 1. The van der Waals surface area contributed by atoms with Gasteiger partial charge in [-0.25, -0.2) is 4.98 Å². The molecule has 1 unspecified atom stereocenters. The number of nitrogen functional groups attached to an aromatic ring is 2. The minimum atomic E-state index is -0.284. The number of benzene rings is 2. The minimum absolute atomic E-state index is 0.0947. The molecule has 10 nitrogen and oxygen atoms in total. The molecule has 0 saturated carbocycles. The van der Waals surface area contributed by atoms with E-state index in [2.05, 4.69) is 26.1 Å². The van der Waals surface area contributed by atoms with Gasteiger partial charge in [0, 0.05) is 47.9 Å². The van der Waals surface area contributed by atoms with Crippen LogP contribution in [0.15, 0.2) is 78.3 Å². The summed E-state index contributed by atoms with van der Waals surface area (Å²) in [4.78, 5) is 26.1. The number of hydrogen-bond acceptors (Lipinski definition) is 10. The van der Waals surface area contributed by atoms with Crippen LogP contribution >= 0.6 is 0 Å². The number of ketones is 1. The monoisotopic (exact) mass is 535 g/mol. The number of carbonyl (C=O) groups excluding carboxylic acids is 1. The Balaban J connectivity index is 1.49. The van der Waals surface area contributed by atoms with Gasteiger partial charge in [-0.3, -0.25) is 14.8 Å². The lowest BCUT2D eigenvalue weighted by atomic mass is 9.94. The number of hydrogen-bond donors (Lipinski definition) is 2. The van der Waals surface area contributed by atoms with Crippen LogP contribution in [0, 0.1) is 6.92 Å². The number of pyridine rings is 1. The number of nitrogens with two attached hydrogens (primary N) is 2. The molecule has 202 valence electrons. The number of aromatic nitrogens is 3. The van der Waals surface area contributed by atoms with Crippen LogP contribution in [0.2, 0.25) is 0 Å². The SMILES string of the molecule is COc1cc(Cc2cnc(N)nc2N)cc(C(=O)C=CN2N=Cc3ccccc3C2c2ccc(C)nc2)c1OC. The first-order chi connectivity index (χ1) is 19.4. The van der Waals surface area contributed by atoms with E-state index < -0.39 is 0 Å². The number of hydrazone groups is 1. The number of rotatable bonds is 8. The van der Waals surface area contributed by atoms with Crippen molar-refractivity contribution in [3.63, 3.8) is 0 Å². The van der Waals surface area contributed by atoms with Crippen molar-refractivity contribution in [1.29, 1.82) is 0 Å². The Morgan fingerprint density at radius 1 is 1.05 bits per heavy atom. The second-order valence-corrected chi connectivity index (χ2v) is 9.26. The highest BCUT2D eigenvalue weighted by molar-refractivity contribution is 6.07. The van der Waals surface area contributed by atoms with Crippen LogP contribution in [0.5, 0.6) is 11.5 Å². The molecule has 0 saturated heterocycles. The number of nitrogens with zero attached hydrogens (tertiary/aromatic N) is 5. The van der Waals surface area contributed by atoms with E-state index in [9.17, 15) is 4.79 Å². The molecule has 5 rings (SSSR count). The van der Waals surface area contributed by atoms with Crippen LogP contribution < -0.4 is 20.9 Å². The molecule has 3 heterocycles. The van der Waals surface area contributed by atoms with E-state index >= 15 is 0 Å². The molecule has 2 aromatic heterocycles. The molecule has 0 amide bonds. The number of allylic oxidation sites excluding steroid dienone is 1. The molecule has 1 aliphatic heterocycles. The maximum atomic E-state index is 13.6. The van der Waals surface area contributed by atoms with E-state index in [-0.39, 0.29) is 23.6 Å².